The van der Waals surface area contributed by atoms with E-state index < -0.39 is 72.3 Å². The largest absolute Gasteiger partial charge is 0.465 e. The number of carbonyl (C=O) groups excluding carboxylic acids is 6. The second kappa shape index (κ2) is 49.5. The Morgan fingerprint density at radius 1 is 0.326 bits per heavy atom. The van der Waals surface area contributed by atoms with E-state index in [4.69, 9.17) is 72.3 Å². The van der Waals surface area contributed by atoms with Gasteiger partial charge in [0.15, 0.2) is 28.8 Å². The van der Waals surface area contributed by atoms with Crippen LogP contribution in [0, 0.1) is 13.8 Å². The number of benzene rings is 2. The lowest BCUT2D eigenvalue weighted by Crippen LogP contribution is -2.15. The lowest BCUT2D eigenvalue weighted by Gasteiger charge is -2.17. The summed E-state index contributed by atoms with van der Waals surface area (Å²) in [6.45, 7) is 27.4. The molecule has 0 aliphatic carbocycles. The maximum atomic E-state index is 13.7. The van der Waals surface area contributed by atoms with E-state index in [0.29, 0.717) is 37.0 Å². The molecule has 0 amide bonds. The number of unbranched alkanes of at least 4 members (excludes halogenated alkanes) is 20. The summed E-state index contributed by atoms with van der Waals surface area (Å²) in [5, 5.41) is 0. The first-order chi connectivity index (χ1) is 43.0. The fourth-order valence-electron chi connectivity index (χ4n) is 8.24. The van der Waals surface area contributed by atoms with Crippen LogP contribution >= 0.6 is 0 Å². The number of esters is 6. The average molecular weight is 1260 g/mol. The van der Waals surface area contributed by atoms with Gasteiger partial charge in [0, 0.05) is 18.2 Å². The van der Waals surface area contributed by atoms with Gasteiger partial charge in [-0.1, -0.05) is 182 Å². The normalized spacial score (nSPS) is 10.7. The fraction of sp³-hybridized carbons (Fsp3) is 0.618. The van der Waals surface area contributed by atoms with Gasteiger partial charge in [0.05, 0.1) is 50.8 Å². The Kier molecular flexibility index (Phi) is 43.2. The van der Waals surface area contributed by atoms with E-state index in [-0.39, 0.29) is 92.6 Å². The van der Waals surface area contributed by atoms with Crippen LogP contribution in [0.2, 0.25) is 0 Å². The van der Waals surface area contributed by atoms with Crippen molar-refractivity contribution in [1.29, 1.82) is 0 Å². The minimum atomic E-state index is -0.947. The van der Waals surface area contributed by atoms with Gasteiger partial charge in [-0.25, -0.2) is 9.59 Å². The molecule has 0 bridgehead atoms. The predicted molar refractivity (Wildman–Crippen MR) is 333 cm³/mol. The number of carbonyl (C=O) groups is 6. The van der Waals surface area contributed by atoms with Gasteiger partial charge in [0.2, 0.25) is 11.5 Å². The lowest BCUT2D eigenvalue weighted by atomic mass is 10.1. The summed E-state index contributed by atoms with van der Waals surface area (Å²) in [4.78, 5) is 121. The first kappa shape index (κ1) is 77.7. The predicted octanol–water partition coefficient (Wildman–Crippen LogP) is 15.8. The van der Waals surface area contributed by atoms with Crippen molar-refractivity contribution < 1.29 is 101 Å². The highest BCUT2D eigenvalue weighted by Gasteiger charge is 2.26. The Balaban J connectivity index is 2.20. The van der Waals surface area contributed by atoms with E-state index in [1.807, 2.05) is 0 Å². The van der Waals surface area contributed by atoms with Crippen LogP contribution in [0.25, 0.3) is 0 Å². The Hall–Kier alpha value is -7.42. The monoisotopic (exact) mass is 1250 g/mol. The van der Waals surface area contributed by atoms with Crippen molar-refractivity contribution in [3.05, 3.63) is 95.9 Å². The average Bonchev–Trinajstić information content (AvgIpc) is 2.02. The van der Waals surface area contributed by atoms with Crippen molar-refractivity contribution >= 4 is 35.8 Å². The molecule has 89 heavy (non-hydrogen) atoms. The van der Waals surface area contributed by atoms with Crippen LogP contribution in [0.5, 0.6) is 23.0 Å². The van der Waals surface area contributed by atoms with E-state index in [1.54, 1.807) is 19.9 Å². The van der Waals surface area contributed by atoms with Gasteiger partial charge in [-0.2, -0.15) is 0 Å². The van der Waals surface area contributed by atoms with Crippen molar-refractivity contribution in [1.82, 2.24) is 0 Å². The zero-order valence-corrected chi connectivity index (χ0v) is 54.2. The second-order valence-corrected chi connectivity index (χ2v) is 21.6. The molecular weight excluding hydrogens is 1150 g/mol. The third kappa shape index (κ3) is 37.9. The first-order valence-electron chi connectivity index (χ1n) is 31.9. The molecule has 0 aliphatic rings. The van der Waals surface area contributed by atoms with E-state index in [0.717, 1.165) is 141 Å². The summed E-state index contributed by atoms with van der Waals surface area (Å²) >= 11 is 0. The molecule has 2 aromatic carbocycles. The topological polar surface area (TPSA) is 241 Å². The Morgan fingerprint density at radius 3 is 0.944 bits per heavy atom. The van der Waals surface area contributed by atoms with Gasteiger partial charge in [-0.3, -0.25) is 58.3 Å². The van der Waals surface area contributed by atoms with Crippen molar-refractivity contribution in [2.45, 2.75) is 221 Å². The number of aryl methyl sites for hydroxylation is 1. The number of rotatable bonds is 56. The van der Waals surface area contributed by atoms with Crippen molar-refractivity contribution in [2.24, 2.45) is 0 Å². The highest BCUT2D eigenvalue weighted by molar-refractivity contribution is 5.91. The molecule has 2 rings (SSSR count). The maximum Gasteiger partial charge on any atom is 0.338 e. The van der Waals surface area contributed by atoms with Gasteiger partial charge >= 0.3 is 35.8 Å². The third-order valence-corrected chi connectivity index (χ3v) is 13.4. The Morgan fingerprint density at radius 2 is 0.607 bits per heavy atom. The Labute approximate surface area is 528 Å². The molecule has 0 fully saturated rings. The quantitative estimate of drug-likeness (QED) is 0.0149. The second-order valence-electron chi connectivity index (χ2n) is 21.6. The summed E-state index contributed by atoms with van der Waals surface area (Å²) in [5.74, 6) is -5.64. The van der Waals surface area contributed by atoms with E-state index in [9.17, 15) is 28.8 Å². The molecule has 2 aromatic rings. The maximum absolute atomic E-state index is 13.7. The molecule has 0 radical (unpaired) electrons. The van der Waals surface area contributed by atoms with Crippen molar-refractivity contribution in [2.75, 3.05) is 52.9 Å². The molecule has 0 spiro atoms. The first-order valence-corrected chi connectivity index (χ1v) is 31.9. The van der Waals surface area contributed by atoms with Crippen LogP contribution in [0.1, 0.15) is 239 Å². The molecule has 0 saturated carbocycles. The van der Waals surface area contributed by atoms with Crippen LogP contribution in [0.15, 0.2) is 73.6 Å². The van der Waals surface area contributed by atoms with Crippen LogP contribution in [0.3, 0.4) is 0 Å². The number of hydrogen-bond acceptors (Lipinski definition) is 21. The number of ether oxygens (including phenoxy) is 7. The van der Waals surface area contributed by atoms with Crippen LogP contribution in [-0.2, 0) is 71.9 Å². The summed E-state index contributed by atoms with van der Waals surface area (Å²) in [6.07, 6.45) is 22.9. The fourth-order valence-corrected chi connectivity index (χ4v) is 8.24. The zero-order valence-electron chi connectivity index (χ0n) is 54.2. The lowest BCUT2D eigenvalue weighted by molar-refractivity contribution is -0.206. The molecule has 0 saturated heterocycles. The minimum absolute atomic E-state index is 0.0272. The summed E-state index contributed by atoms with van der Waals surface area (Å²) in [7, 11) is 0. The molecule has 500 valence electrons. The van der Waals surface area contributed by atoms with E-state index >= 15 is 0 Å². The van der Waals surface area contributed by atoms with Gasteiger partial charge in [0.1, 0.15) is 38.9 Å². The highest BCUT2D eigenvalue weighted by atomic mass is 17.2. The SMILES string of the molecule is C=C(CC(=O)OCCCCCCCC)OOc1cc(C(=O)OCCOCCOC(=O)c2cc(OOC(=C)CC(=O)OCCCCCCCC)c(OOC(=C)CC(=O)OCCCCCCCC)c(OOC(=C)CC(=O)OCCCCCCCC)c2)cc(C)c1C. The van der Waals surface area contributed by atoms with Gasteiger partial charge in [-0.05, 0) is 56.7 Å². The zero-order chi connectivity index (χ0) is 65.3. The van der Waals surface area contributed by atoms with Crippen LogP contribution < -0.4 is 19.6 Å². The summed E-state index contributed by atoms with van der Waals surface area (Å²) < 4.78 is 37.9. The third-order valence-electron chi connectivity index (χ3n) is 13.4. The highest BCUT2D eigenvalue weighted by Crippen LogP contribution is 2.41. The minimum Gasteiger partial charge on any atom is -0.465 e. The summed E-state index contributed by atoms with van der Waals surface area (Å²) in [5.41, 5.74) is 1.31. The Bertz CT molecular complexity index is 2380. The van der Waals surface area contributed by atoms with Crippen molar-refractivity contribution in [3.63, 3.8) is 0 Å². The molecule has 0 unspecified atom stereocenters. The molecule has 21 heteroatoms. The standard InChI is InChI=1S/C68H102O21/c1-11-15-19-23-27-31-35-76-62(69)44-52(6)82-86-59-48-57(43-51(5)56(59)10)67(73)80-41-39-75-40-42-81-68(74)58-49-60(87-83-53(7)45-63(70)77-36-32-28-24-20-16-12-2)66(89-85-55(9)47-65(72)79-38-34-30-26-22-18-14-4)61(50-58)88-84-54(8)46-64(71)78-37-33-29-25-21-17-13-3/h43,48-50H,6-9,11-42,44-47H2,1-5,10H3. The van der Waals surface area contributed by atoms with Crippen LogP contribution in [-0.4, -0.2) is 88.7 Å². The molecule has 0 aromatic heterocycles. The van der Waals surface area contributed by atoms with Crippen LogP contribution in [0.4, 0.5) is 0 Å². The van der Waals surface area contributed by atoms with Gasteiger partial charge in [0.25, 0.3) is 5.75 Å². The molecule has 0 aliphatic heterocycles. The molecule has 21 nitrogen and oxygen atoms in total. The molecule has 0 atom stereocenters. The molecular formula is C68H102O21. The van der Waals surface area contributed by atoms with Gasteiger partial charge < -0.3 is 33.2 Å². The summed E-state index contributed by atoms with van der Waals surface area (Å²) in [6, 6.07) is 5.32. The van der Waals surface area contributed by atoms with Crippen molar-refractivity contribution in [3.8, 4) is 23.0 Å². The van der Waals surface area contributed by atoms with E-state index in [1.165, 1.54) is 12.5 Å². The van der Waals surface area contributed by atoms with Gasteiger partial charge in [-0.15, -0.1) is 0 Å². The smallest absolute Gasteiger partial charge is 0.338 e. The molecule has 0 heterocycles. The van der Waals surface area contributed by atoms with E-state index in [2.05, 4.69) is 54.0 Å². The molecule has 0 N–H and O–H groups in total. The number of hydrogen-bond donors (Lipinski definition) is 0.